The highest BCUT2D eigenvalue weighted by Crippen LogP contribution is 2.32. The van der Waals surface area contributed by atoms with Gasteiger partial charge in [-0.25, -0.2) is 4.98 Å². The van der Waals surface area contributed by atoms with E-state index in [-0.39, 0.29) is 6.10 Å². The van der Waals surface area contributed by atoms with Gasteiger partial charge in [0.05, 0.1) is 16.3 Å². The van der Waals surface area contributed by atoms with E-state index < -0.39 is 0 Å². The number of ether oxygens (including phenoxy) is 1. The standard InChI is InChI=1S/C28H26N2OS/c1-18(2)31-26-15-11-20-6-4-5-7-23(20)24(26)17-29-22-12-9-21(10-13-22)28-30-25-14-8-19(3)16-27(25)32-28/h4-16,18,29H,17H2,1-3H3. The lowest BCUT2D eigenvalue weighted by Gasteiger charge is -2.17. The first-order valence-corrected chi connectivity index (χ1v) is 11.8. The fraction of sp³-hybridized carbons (Fsp3) is 0.179. The maximum atomic E-state index is 6.11. The van der Waals surface area contributed by atoms with E-state index in [0.717, 1.165) is 27.5 Å². The first kappa shape index (κ1) is 20.5. The molecule has 3 nitrogen and oxygen atoms in total. The van der Waals surface area contributed by atoms with Crippen molar-refractivity contribution in [3.8, 4) is 16.3 Å². The van der Waals surface area contributed by atoms with Crippen LogP contribution >= 0.6 is 11.3 Å². The fourth-order valence-corrected chi connectivity index (χ4v) is 5.01. The molecule has 0 spiro atoms. The largest absolute Gasteiger partial charge is 0.491 e. The Morgan fingerprint density at radius 2 is 1.75 bits per heavy atom. The molecule has 160 valence electrons. The highest BCUT2D eigenvalue weighted by molar-refractivity contribution is 7.21. The third kappa shape index (κ3) is 4.19. The number of rotatable bonds is 6. The number of nitrogens with one attached hydrogen (secondary N) is 1. The zero-order valence-corrected chi connectivity index (χ0v) is 19.4. The van der Waals surface area contributed by atoms with Crippen molar-refractivity contribution in [1.29, 1.82) is 0 Å². The van der Waals surface area contributed by atoms with Crippen molar-refractivity contribution in [3.63, 3.8) is 0 Å². The lowest BCUT2D eigenvalue weighted by molar-refractivity contribution is 0.240. The quantitative estimate of drug-likeness (QED) is 0.293. The number of nitrogens with zero attached hydrogens (tertiary/aromatic N) is 1. The van der Waals surface area contributed by atoms with Gasteiger partial charge in [0.1, 0.15) is 10.8 Å². The van der Waals surface area contributed by atoms with E-state index in [2.05, 4.69) is 105 Å². The van der Waals surface area contributed by atoms with Gasteiger partial charge in [0.15, 0.2) is 0 Å². The lowest BCUT2D eigenvalue weighted by Crippen LogP contribution is -2.09. The van der Waals surface area contributed by atoms with Gasteiger partial charge >= 0.3 is 0 Å². The van der Waals surface area contributed by atoms with Gasteiger partial charge in [0, 0.05) is 23.4 Å². The molecule has 1 heterocycles. The molecule has 0 bridgehead atoms. The summed E-state index contributed by atoms with van der Waals surface area (Å²) in [6.45, 7) is 6.94. The SMILES string of the molecule is Cc1ccc2nc(-c3ccc(NCc4c(OC(C)C)ccc5ccccc45)cc3)sc2c1. The predicted molar refractivity (Wildman–Crippen MR) is 137 cm³/mol. The smallest absolute Gasteiger partial charge is 0.125 e. The van der Waals surface area contributed by atoms with E-state index in [1.807, 2.05) is 0 Å². The summed E-state index contributed by atoms with van der Waals surface area (Å²) in [5.74, 6) is 0.938. The van der Waals surface area contributed by atoms with Crippen LogP contribution in [0.5, 0.6) is 5.75 Å². The average molecular weight is 439 g/mol. The van der Waals surface area contributed by atoms with Crippen LogP contribution in [0.25, 0.3) is 31.6 Å². The molecule has 1 aromatic heterocycles. The number of aryl methyl sites for hydroxylation is 1. The molecule has 1 N–H and O–H groups in total. The molecule has 0 saturated heterocycles. The van der Waals surface area contributed by atoms with Crippen molar-refractivity contribution in [2.75, 3.05) is 5.32 Å². The van der Waals surface area contributed by atoms with Gasteiger partial charge in [-0.15, -0.1) is 11.3 Å². The van der Waals surface area contributed by atoms with Gasteiger partial charge < -0.3 is 10.1 Å². The number of benzene rings is 4. The van der Waals surface area contributed by atoms with Crippen LogP contribution in [0.1, 0.15) is 25.0 Å². The molecule has 0 aliphatic heterocycles. The second kappa shape index (κ2) is 8.64. The molecule has 0 amide bonds. The highest BCUT2D eigenvalue weighted by Gasteiger charge is 2.11. The summed E-state index contributed by atoms with van der Waals surface area (Å²) in [6.07, 6.45) is 0.131. The Morgan fingerprint density at radius 1 is 0.938 bits per heavy atom. The van der Waals surface area contributed by atoms with Gasteiger partial charge in [-0.2, -0.15) is 0 Å². The van der Waals surface area contributed by atoms with E-state index in [4.69, 9.17) is 9.72 Å². The minimum Gasteiger partial charge on any atom is -0.491 e. The number of aromatic nitrogens is 1. The fourth-order valence-electron chi connectivity index (χ4n) is 3.94. The molecule has 32 heavy (non-hydrogen) atoms. The second-order valence-corrected chi connectivity index (χ2v) is 9.38. The van der Waals surface area contributed by atoms with Crippen molar-refractivity contribution in [3.05, 3.63) is 90.0 Å². The molecular formula is C28H26N2OS. The van der Waals surface area contributed by atoms with E-state index >= 15 is 0 Å². The van der Waals surface area contributed by atoms with Gasteiger partial charge in [-0.05, 0) is 79.6 Å². The Balaban J connectivity index is 1.39. The number of thiazole rings is 1. The molecular weight excluding hydrogens is 412 g/mol. The van der Waals surface area contributed by atoms with Crippen LogP contribution in [0.15, 0.2) is 78.9 Å². The second-order valence-electron chi connectivity index (χ2n) is 8.35. The summed E-state index contributed by atoms with van der Waals surface area (Å²) < 4.78 is 7.34. The third-order valence-corrected chi connectivity index (χ3v) is 6.57. The van der Waals surface area contributed by atoms with Crippen molar-refractivity contribution >= 4 is 38.0 Å². The van der Waals surface area contributed by atoms with Crippen molar-refractivity contribution in [2.45, 2.75) is 33.4 Å². The molecule has 0 saturated carbocycles. The molecule has 0 fully saturated rings. The highest BCUT2D eigenvalue weighted by atomic mass is 32.1. The van der Waals surface area contributed by atoms with Gasteiger partial charge in [0.25, 0.3) is 0 Å². The molecule has 5 aromatic rings. The van der Waals surface area contributed by atoms with Crippen molar-refractivity contribution in [2.24, 2.45) is 0 Å². The summed E-state index contributed by atoms with van der Waals surface area (Å²) in [5, 5.41) is 7.08. The zero-order chi connectivity index (χ0) is 22.1. The van der Waals surface area contributed by atoms with E-state index in [1.54, 1.807) is 11.3 Å². The maximum absolute atomic E-state index is 6.11. The minimum atomic E-state index is 0.131. The van der Waals surface area contributed by atoms with E-state index in [0.29, 0.717) is 6.54 Å². The number of fused-ring (bicyclic) bond motifs is 2. The summed E-state index contributed by atoms with van der Waals surface area (Å²) in [7, 11) is 0. The van der Waals surface area contributed by atoms with Crippen molar-refractivity contribution < 1.29 is 4.74 Å². The molecule has 0 aliphatic rings. The summed E-state index contributed by atoms with van der Waals surface area (Å²) >= 11 is 1.74. The molecule has 5 rings (SSSR count). The summed E-state index contributed by atoms with van der Waals surface area (Å²) in [6, 6.07) is 27.6. The number of anilines is 1. The topological polar surface area (TPSA) is 34.2 Å². The lowest BCUT2D eigenvalue weighted by atomic mass is 10.0. The molecule has 0 radical (unpaired) electrons. The monoisotopic (exact) mass is 438 g/mol. The first-order valence-electron chi connectivity index (χ1n) is 11.0. The van der Waals surface area contributed by atoms with Gasteiger partial charge in [0.2, 0.25) is 0 Å². The van der Waals surface area contributed by atoms with Crippen LogP contribution < -0.4 is 10.1 Å². The van der Waals surface area contributed by atoms with Gasteiger partial charge in [-0.1, -0.05) is 36.4 Å². The zero-order valence-electron chi connectivity index (χ0n) is 18.6. The Bertz CT molecular complexity index is 1390. The van der Waals surface area contributed by atoms with Crippen LogP contribution in [0.2, 0.25) is 0 Å². The molecule has 0 atom stereocenters. The van der Waals surface area contributed by atoms with E-state index in [1.165, 1.54) is 26.6 Å². The first-order chi connectivity index (χ1) is 15.6. The van der Waals surface area contributed by atoms with Crippen LogP contribution in [-0.2, 0) is 6.54 Å². The average Bonchev–Trinajstić information content (AvgIpc) is 3.21. The van der Waals surface area contributed by atoms with Crippen LogP contribution in [-0.4, -0.2) is 11.1 Å². The van der Waals surface area contributed by atoms with Crippen LogP contribution in [0.4, 0.5) is 5.69 Å². The molecule has 4 heteroatoms. The number of hydrogen-bond acceptors (Lipinski definition) is 4. The normalized spacial score (nSPS) is 11.4. The third-order valence-electron chi connectivity index (χ3n) is 5.51. The van der Waals surface area contributed by atoms with Crippen LogP contribution in [0, 0.1) is 6.92 Å². The Labute approximate surface area is 192 Å². The van der Waals surface area contributed by atoms with Crippen molar-refractivity contribution in [1.82, 2.24) is 4.98 Å². The van der Waals surface area contributed by atoms with Gasteiger partial charge in [-0.3, -0.25) is 0 Å². The Morgan fingerprint density at radius 3 is 2.56 bits per heavy atom. The molecule has 0 unspecified atom stereocenters. The maximum Gasteiger partial charge on any atom is 0.125 e. The Kier molecular flexibility index (Phi) is 5.54. The molecule has 0 aliphatic carbocycles. The molecule has 4 aromatic carbocycles. The Hall–Kier alpha value is -3.37. The minimum absolute atomic E-state index is 0.131. The summed E-state index contributed by atoms with van der Waals surface area (Å²) in [4.78, 5) is 4.80. The van der Waals surface area contributed by atoms with E-state index in [9.17, 15) is 0 Å². The van der Waals surface area contributed by atoms with Crippen LogP contribution in [0.3, 0.4) is 0 Å². The number of hydrogen-bond donors (Lipinski definition) is 1. The summed E-state index contributed by atoms with van der Waals surface area (Å²) in [5.41, 5.74) is 5.73. The predicted octanol–water partition coefficient (Wildman–Crippen LogP) is 7.82.